The van der Waals surface area contributed by atoms with Crippen LogP contribution in [-0.2, 0) is 19.1 Å². The Morgan fingerprint density at radius 1 is 1.00 bits per heavy atom. The van der Waals surface area contributed by atoms with Gasteiger partial charge >= 0.3 is 11.9 Å². The molecule has 4 atom stereocenters. The van der Waals surface area contributed by atoms with Crippen LogP contribution in [0.4, 0.5) is 4.39 Å². The molecule has 10 nitrogen and oxygen atoms in total. The van der Waals surface area contributed by atoms with Crippen LogP contribution < -0.4 is 20.1 Å². The average molecular weight is 659 g/mol. The molecular weight excluding hydrogens is 607 g/mol. The lowest BCUT2D eigenvalue weighted by atomic mass is 9.70. The number of esters is 1. The molecule has 11 heteroatoms. The third-order valence-electron chi connectivity index (χ3n) is 10.7. The quantitative estimate of drug-likeness (QED) is 0.200. The van der Waals surface area contributed by atoms with E-state index in [1.54, 1.807) is 34.6 Å². The number of halogens is 1. The lowest BCUT2D eigenvalue weighted by molar-refractivity contribution is -0.180. The van der Waals surface area contributed by atoms with Crippen molar-refractivity contribution in [3.05, 3.63) is 23.5 Å². The number of amides is 2. The number of carboxylic acid groups (broad SMARTS) is 1. The van der Waals surface area contributed by atoms with Crippen molar-refractivity contribution in [1.82, 2.24) is 10.6 Å². The fraction of sp³-hybridized carbons (Fsp3) is 0.722. The van der Waals surface area contributed by atoms with Gasteiger partial charge in [-0.1, -0.05) is 13.3 Å². The van der Waals surface area contributed by atoms with Crippen LogP contribution in [-0.4, -0.2) is 59.3 Å². The third kappa shape index (κ3) is 7.54. The lowest BCUT2D eigenvalue weighted by Gasteiger charge is -2.39. The Morgan fingerprint density at radius 3 is 2.23 bits per heavy atom. The van der Waals surface area contributed by atoms with Crippen LogP contribution in [0.3, 0.4) is 0 Å². The van der Waals surface area contributed by atoms with Crippen molar-refractivity contribution in [2.75, 3.05) is 6.54 Å². The normalized spacial score (nSPS) is 29.5. The molecule has 1 aromatic carbocycles. The Kier molecular flexibility index (Phi) is 9.86. The maximum absolute atomic E-state index is 15.4. The third-order valence-corrected chi connectivity index (χ3v) is 10.7. The molecule has 260 valence electrons. The van der Waals surface area contributed by atoms with Crippen LogP contribution in [0.25, 0.3) is 0 Å². The van der Waals surface area contributed by atoms with Crippen molar-refractivity contribution < 1.29 is 42.9 Å². The van der Waals surface area contributed by atoms with E-state index in [1.165, 1.54) is 12.5 Å². The van der Waals surface area contributed by atoms with Gasteiger partial charge < -0.3 is 30.0 Å². The fourth-order valence-electron chi connectivity index (χ4n) is 7.90. The second kappa shape index (κ2) is 13.3. The number of carbonyl (C=O) groups is 4. The van der Waals surface area contributed by atoms with Crippen LogP contribution in [0.2, 0.25) is 0 Å². The lowest BCUT2D eigenvalue weighted by Crippen LogP contribution is -2.51. The van der Waals surface area contributed by atoms with E-state index < -0.39 is 40.8 Å². The van der Waals surface area contributed by atoms with Crippen LogP contribution in [0.15, 0.2) is 12.1 Å². The molecule has 5 rings (SSSR count). The highest BCUT2D eigenvalue weighted by atomic mass is 19.1. The fourth-order valence-corrected chi connectivity index (χ4v) is 7.90. The highest BCUT2D eigenvalue weighted by molar-refractivity contribution is 5.99. The summed E-state index contributed by atoms with van der Waals surface area (Å²) in [7, 11) is 0. The SMILES string of the molecule is CC(C)Oc1cc(F)c(O[C@H]2CC[C@@](C(=O)O)(C(=O)OC(C)(C)C)CC2)cc1C(=O)N[C@@H]1[C@H]2CC[C@H](C2)[C@@H]1C(=O)NCC1(C)CCC1. The van der Waals surface area contributed by atoms with Gasteiger partial charge in [-0.25, -0.2) is 4.39 Å². The molecule has 4 aliphatic rings. The molecule has 2 amide bonds. The largest absolute Gasteiger partial charge is 0.490 e. The molecule has 47 heavy (non-hydrogen) atoms. The van der Waals surface area contributed by atoms with Gasteiger partial charge in [0.2, 0.25) is 5.91 Å². The summed E-state index contributed by atoms with van der Waals surface area (Å²) in [6.45, 7) is 11.4. The molecule has 0 saturated heterocycles. The molecule has 4 saturated carbocycles. The van der Waals surface area contributed by atoms with Gasteiger partial charge in [-0.15, -0.1) is 0 Å². The summed E-state index contributed by atoms with van der Waals surface area (Å²) in [5.41, 5.74) is -2.31. The van der Waals surface area contributed by atoms with Crippen molar-refractivity contribution in [2.45, 2.75) is 130 Å². The van der Waals surface area contributed by atoms with Gasteiger partial charge in [-0.05, 0) is 116 Å². The van der Waals surface area contributed by atoms with Crippen molar-refractivity contribution in [3.63, 3.8) is 0 Å². The minimum absolute atomic E-state index is 0.0153. The minimum atomic E-state index is -1.70. The monoisotopic (exact) mass is 658 g/mol. The van der Waals surface area contributed by atoms with Crippen molar-refractivity contribution in [1.29, 1.82) is 0 Å². The number of ether oxygens (including phenoxy) is 3. The topological polar surface area (TPSA) is 140 Å². The van der Waals surface area contributed by atoms with Crippen molar-refractivity contribution >= 4 is 23.8 Å². The molecule has 4 aliphatic carbocycles. The van der Waals surface area contributed by atoms with Crippen molar-refractivity contribution in [3.8, 4) is 11.5 Å². The van der Waals surface area contributed by atoms with E-state index in [-0.39, 0.29) is 84.0 Å². The molecule has 3 N–H and O–H groups in total. The molecule has 0 aromatic heterocycles. The first-order chi connectivity index (χ1) is 22.0. The zero-order valence-corrected chi connectivity index (χ0v) is 28.6. The zero-order chi connectivity index (χ0) is 34.3. The molecule has 2 bridgehead atoms. The maximum Gasteiger partial charge on any atom is 0.324 e. The summed E-state index contributed by atoms with van der Waals surface area (Å²) in [6.07, 6.45) is 5.54. The number of carboxylic acids is 1. The van der Waals surface area contributed by atoms with Gasteiger partial charge in [0.05, 0.1) is 23.7 Å². The maximum atomic E-state index is 15.4. The summed E-state index contributed by atoms with van der Waals surface area (Å²) in [6, 6.07) is 2.13. The molecule has 0 unspecified atom stereocenters. The van der Waals surface area contributed by atoms with E-state index in [9.17, 15) is 24.3 Å². The summed E-state index contributed by atoms with van der Waals surface area (Å²) in [4.78, 5) is 52.5. The number of benzene rings is 1. The number of hydrogen-bond acceptors (Lipinski definition) is 7. The number of hydrogen-bond donors (Lipinski definition) is 3. The predicted octanol–water partition coefficient (Wildman–Crippen LogP) is 5.80. The van der Waals surface area contributed by atoms with Gasteiger partial charge in [-0.3, -0.25) is 19.2 Å². The number of fused-ring (bicyclic) bond motifs is 2. The van der Waals surface area contributed by atoms with Gasteiger partial charge in [0.1, 0.15) is 11.4 Å². The Labute approximate surface area is 276 Å². The molecule has 0 radical (unpaired) electrons. The molecule has 0 spiro atoms. The van der Waals surface area contributed by atoms with Crippen molar-refractivity contribution in [2.24, 2.45) is 28.6 Å². The first-order valence-corrected chi connectivity index (χ1v) is 17.2. The molecular formula is C36H51FN2O8. The summed E-state index contributed by atoms with van der Waals surface area (Å²) in [5.74, 6) is -3.26. The summed E-state index contributed by atoms with van der Waals surface area (Å²) in [5, 5.41) is 16.3. The Morgan fingerprint density at radius 2 is 1.66 bits per heavy atom. The molecule has 0 aliphatic heterocycles. The van der Waals surface area contributed by atoms with E-state index in [1.807, 2.05) is 0 Å². The second-order valence-corrected chi connectivity index (χ2v) is 15.9. The molecule has 4 fully saturated rings. The second-order valence-electron chi connectivity index (χ2n) is 15.9. The van der Waals surface area contributed by atoms with Crippen LogP contribution in [0, 0.1) is 34.4 Å². The Balaban J connectivity index is 1.31. The smallest absolute Gasteiger partial charge is 0.324 e. The zero-order valence-electron chi connectivity index (χ0n) is 28.6. The Bertz CT molecular complexity index is 1380. The summed E-state index contributed by atoms with van der Waals surface area (Å²) >= 11 is 0. The first-order valence-electron chi connectivity index (χ1n) is 17.2. The highest BCUT2D eigenvalue weighted by Crippen LogP contribution is 2.49. The molecule has 1 aromatic rings. The van der Waals surface area contributed by atoms with Gasteiger partial charge in [0.25, 0.3) is 5.91 Å². The standard InChI is InChI=1S/C36H51FN2O8/c1-20(2)45-26-18-25(37)27(46-23-10-14-36(15-11-23,32(42)43)33(44)47-34(3,4)5)17-24(26)30(40)39-29-22-9-8-21(16-22)28(29)31(41)38-19-35(6)12-7-13-35/h17-18,20-23,28-29H,7-16,19H2,1-6H3,(H,38,41)(H,39,40)(H,42,43)/t21-,22+,23-,28+,29-,36+/m1/s1. The van der Waals surface area contributed by atoms with Gasteiger partial charge in [-0.2, -0.15) is 0 Å². The Hall–Kier alpha value is -3.37. The predicted molar refractivity (Wildman–Crippen MR) is 172 cm³/mol. The van der Waals surface area contributed by atoms with E-state index in [0.717, 1.165) is 38.2 Å². The number of aliphatic carboxylic acids is 1. The first kappa shape index (κ1) is 35.0. The van der Waals surface area contributed by atoms with Crippen LogP contribution >= 0.6 is 0 Å². The molecule has 0 heterocycles. The average Bonchev–Trinajstić information content (AvgIpc) is 3.57. The van der Waals surface area contributed by atoms with Gasteiger partial charge in [0, 0.05) is 18.7 Å². The highest BCUT2D eigenvalue weighted by Gasteiger charge is 2.53. The number of nitrogens with one attached hydrogen (secondary N) is 2. The minimum Gasteiger partial charge on any atom is -0.490 e. The van der Waals surface area contributed by atoms with E-state index >= 15 is 4.39 Å². The van der Waals surface area contributed by atoms with E-state index in [0.29, 0.717) is 6.54 Å². The number of carbonyl (C=O) groups excluding carboxylic acids is 3. The van der Waals surface area contributed by atoms with Crippen LogP contribution in [0.1, 0.15) is 116 Å². The van der Waals surface area contributed by atoms with Crippen LogP contribution in [0.5, 0.6) is 11.5 Å². The van der Waals surface area contributed by atoms with E-state index in [4.69, 9.17) is 14.2 Å². The number of rotatable bonds is 11. The summed E-state index contributed by atoms with van der Waals surface area (Å²) < 4.78 is 32.8. The van der Waals surface area contributed by atoms with Gasteiger partial charge in [0.15, 0.2) is 17.0 Å². The van der Waals surface area contributed by atoms with E-state index in [2.05, 4.69) is 17.6 Å².